The fraction of sp³-hybridized carbons (Fsp3) is 0.238. The Labute approximate surface area is 176 Å². The van der Waals surface area contributed by atoms with Gasteiger partial charge in [0, 0.05) is 41.8 Å². The van der Waals surface area contributed by atoms with Gasteiger partial charge in [0.15, 0.2) is 16.9 Å². The molecule has 0 unspecified atom stereocenters. The van der Waals surface area contributed by atoms with Gasteiger partial charge in [-0.25, -0.2) is 9.78 Å². The van der Waals surface area contributed by atoms with Crippen molar-refractivity contribution in [2.45, 2.75) is 20.4 Å². The van der Waals surface area contributed by atoms with Crippen LogP contribution in [0.5, 0.6) is 0 Å². The van der Waals surface area contributed by atoms with Gasteiger partial charge < -0.3 is 9.13 Å². The van der Waals surface area contributed by atoms with E-state index < -0.39 is 11.2 Å². The molecule has 154 valence electrons. The Morgan fingerprint density at radius 2 is 1.73 bits per heavy atom. The molecule has 0 fully saturated rings. The van der Waals surface area contributed by atoms with E-state index >= 15 is 0 Å². The molecular formula is C21H20ClN5O3. The van der Waals surface area contributed by atoms with Crippen molar-refractivity contribution in [2.75, 3.05) is 0 Å². The molecule has 3 heterocycles. The summed E-state index contributed by atoms with van der Waals surface area (Å²) in [5.74, 6) is -0.154. The number of nitrogens with zero attached hydrogens (tertiary/aromatic N) is 5. The topological polar surface area (TPSA) is 83.8 Å². The Bertz CT molecular complexity index is 1420. The van der Waals surface area contributed by atoms with Gasteiger partial charge in [-0.05, 0) is 44.2 Å². The minimum absolute atomic E-state index is 0.0607. The first kappa shape index (κ1) is 19.9. The molecule has 8 nitrogen and oxygen atoms in total. The lowest BCUT2D eigenvalue weighted by atomic mass is 10.1. The van der Waals surface area contributed by atoms with Crippen LogP contribution < -0.4 is 11.2 Å². The van der Waals surface area contributed by atoms with Crippen molar-refractivity contribution in [3.8, 4) is 5.69 Å². The minimum atomic E-state index is -0.481. The summed E-state index contributed by atoms with van der Waals surface area (Å²) in [6.45, 7) is 3.75. The van der Waals surface area contributed by atoms with Crippen LogP contribution in [0.3, 0.4) is 0 Å². The largest absolute Gasteiger partial charge is 0.332 e. The fourth-order valence-corrected chi connectivity index (χ4v) is 3.92. The summed E-state index contributed by atoms with van der Waals surface area (Å²) < 4.78 is 5.79. The van der Waals surface area contributed by atoms with Crippen LogP contribution in [-0.2, 0) is 20.6 Å². The number of hydrogen-bond acceptors (Lipinski definition) is 4. The average Bonchev–Trinajstić information content (AvgIpc) is 3.26. The third-order valence-corrected chi connectivity index (χ3v) is 5.60. The zero-order valence-corrected chi connectivity index (χ0v) is 17.8. The number of ketones is 1. The molecule has 0 aliphatic rings. The van der Waals surface area contributed by atoms with Gasteiger partial charge in [-0.15, -0.1) is 0 Å². The van der Waals surface area contributed by atoms with Crippen molar-refractivity contribution in [1.29, 1.82) is 0 Å². The van der Waals surface area contributed by atoms with Crippen LogP contribution in [0.1, 0.15) is 21.7 Å². The van der Waals surface area contributed by atoms with E-state index in [9.17, 15) is 14.4 Å². The number of hydrogen-bond donors (Lipinski definition) is 0. The van der Waals surface area contributed by atoms with E-state index in [-0.39, 0.29) is 23.5 Å². The molecule has 4 aromatic rings. The average molecular weight is 426 g/mol. The number of aryl methyl sites for hydroxylation is 2. The number of halogens is 1. The predicted octanol–water partition coefficient (Wildman–Crippen LogP) is 2.38. The van der Waals surface area contributed by atoms with Gasteiger partial charge in [0.05, 0.1) is 12.9 Å². The summed E-state index contributed by atoms with van der Waals surface area (Å²) in [6.07, 6.45) is 1.42. The lowest BCUT2D eigenvalue weighted by Crippen LogP contribution is -2.37. The summed E-state index contributed by atoms with van der Waals surface area (Å²) in [5, 5.41) is 0.639. The number of benzene rings is 1. The summed E-state index contributed by atoms with van der Waals surface area (Å²) in [7, 11) is 2.95. The molecule has 9 heteroatoms. The fourth-order valence-electron chi connectivity index (χ4n) is 3.79. The Morgan fingerprint density at radius 3 is 2.40 bits per heavy atom. The van der Waals surface area contributed by atoms with E-state index in [2.05, 4.69) is 4.98 Å². The zero-order valence-electron chi connectivity index (χ0n) is 17.0. The van der Waals surface area contributed by atoms with Gasteiger partial charge in [-0.1, -0.05) is 11.6 Å². The molecule has 30 heavy (non-hydrogen) atoms. The van der Waals surface area contributed by atoms with Crippen molar-refractivity contribution in [3.63, 3.8) is 0 Å². The smallest absolute Gasteiger partial charge is 0.318 e. The van der Waals surface area contributed by atoms with Crippen LogP contribution in [0.15, 0.2) is 46.2 Å². The zero-order chi connectivity index (χ0) is 21.7. The maximum absolute atomic E-state index is 13.1. The lowest BCUT2D eigenvalue weighted by Gasteiger charge is -2.10. The highest BCUT2D eigenvalue weighted by Crippen LogP contribution is 2.23. The maximum Gasteiger partial charge on any atom is 0.332 e. The summed E-state index contributed by atoms with van der Waals surface area (Å²) in [5.41, 5.74) is 2.70. The van der Waals surface area contributed by atoms with E-state index in [1.807, 2.05) is 36.6 Å². The molecule has 4 rings (SSSR count). The van der Waals surface area contributed by atoms with Gasteiger partial charge in [0.25, 0.3) is 5.56 Å². The van der Waals surface area contributed by atoms with Crippen LogP contribution >= 0.6 is 11.6 Å². The Hall–Kier alpha value is -3.39. The van der Waals surface area contributed by atoms with Gasteiger partial charge in [0.2, 0.25) is 0 Å². The molecule has 0 N–H and O–H groups in total. The molecule has 0 saturated heterocycles. The highest BCUT2D eigenvalue weighted by molar-refractivity contribution is 6.30. The molecule has 0 aliphatic heterocycles. The van der Waals surface area contributed by atoms with E-state index in [0.717, 1.165) is 21.6 Å². The van der Waals surface area contributed by atoms with Crippen LogP contribution in [-0.4, -0.2) is 29.0 Å². The van der Waals surface area contributed by atoms with E-state index in [0.29, 0.717) is 10.6 Å². The number of fused-ring (bicyclic) bond motifs is 1. The van der Waals surface area contributed by atoms with Crippen molar-refractivity contribution in [1.82, 2.24) is 23.3 Å². The summed E-state index contributed by atoms with van der Waals surface area (Å²) in [6, 6.07) is 9.22. The Morgan fingerprint density at radius 1 is 1.07 bits per heavy atom. The molecule has 0 spiro atoms. The molecular weight excluding hydrogens is 406 g/mol. The number of carbonyl (C=O) groups is 1. The van der Waals surface area contributed by atoms with Crippen LogP contribution in [0, 0.1) is 13.8 Å². The van der Waals surface area contributed by atoms with Gasteiger partial charge in [-0.2, -0.15) is 0 Å². The first-order valence-electron chi connectivity index (χ1n) is 9.29. The highest BCUT2D eigenvalue weighted by Gasteiger charge is 2.20. The highest BCUT2D eigenvalue weighted by atomic mass is 35.5. The van der Waals surface area contributed by atoms with E-state index in [1.54, 1.807) is 19.2 Å². The standard InChI is InChI=1S/C21H20ClN5O3/c1-12-9-16(13(2)27(12)15-7-5-14(22)6-8-15)17(28)10-26-11-23-19-18(26)20(29)25(4)21(30)24(19)3/h5-9,11H,10H2,1-4H3. The lowest BCUT2D eigenvalue weighted by molar-refractivity contribution is 0.0972. The number of imidazole rings is 1. The molecule has 3 aromatic heterocycles. The third kappa shape index (κ3) is 3.00. The third-order valence-electron chi connectivity index (χ3n) is 5.35. The molecule has 0 amide bonds. The second-order valence-electron chi connectivity index (χ2n) is 7.27. The summed E-state index contributed by atoms with van der Waals surface area (Å²) in [4.78, 5) is 42.0. The first-order valence-corrected chi connectivity index (χ1v) is 9.67. The van der Waals surface area contributed by atoms with Crippen molar-refractivity contribution in [3.05, 3.63) is 79.5 Å². The van der Waals surface area contributed by atoms with E-state index in [1.165, 1.54) is 22.5 Å². The molecule has 0 aliphatic carbocycles. The van der Waals surface area contributed by atoms with Crippen molar-refractivity contribution in [2.24, 2.45) is 14.1 Å². The molecule has 0 atom stereocenters. The monoisotopic (exact) mass is 425 g/mol. The quantitative estimate of drug-likeness (QED) is 0.470. The van der Waals surface area contributed by atoms with Crippen molar-refractivity contribution >= 4 is 28.5 Å². The molecule has 0 saturated carbocycles. The Kier molecular flexibility index (Phi) is 4.74. The number of Topliss-reactive ketones (excluding diaryl/α,β-unsaturated/α-hetero) is 1. The normalized spacial score (nSPS) is 11.4. The minimum Gasteiger partial charge on any atom is -0.318 e. The molecule has 0 radical (unpaired) electrons. The van der Waals surface area contributed by atoms with Crippen LogP contribution in [0.25, 0.3) is 16.9 Å². The first-order chi connectivity index (χ1) is 14.2. The number of carbonyl (C=O) groups excluding carboxylic acids is 1. The predicted molar refractivity (Wildman–Crippen MR) is 115 cm³/mol. The van der Waals surface area contributed by atoms with Crippen LogP contribution in [0.4, 0.5) is 0 Å². The SMILES string of the molecule is Cc1cc(C(=O)Cn2cnc3c2c(=O)n(C)c(=O)n3C)c(C)n1-c1ccc(Cl)cc1. The van der Waals surface area contributed by atoms with E-state index in [4.69, 9.17) is 11.6 Å². The van der Waals surface area contributed by atoms with Gasteiger partial charge in [0.1, 0.15) is 0 Å². The summed E-state index contributed by atoms with van der Waals surface area (Å²) >= 11 is 5.99. The number of rotatable bonds is 4. The van der Waals surface area contributed by atoms with Crippen LogP contribution in [0.2, 0.25) is 5.02 Å². The second-order valence-corrected chi connectivity index (χ2v) is 7.71. The Balaban J connectivity index is 1.76. The second kappa shape index (κ2) is 7.14. The molecule has 1 aromatic carbocycles. The van der Waals surface area contributed by atoms with Crippen molar-refractivity contribution < 1.29 is 4.79 Å². The van der Waals surface area contributed by atoms with Gasteiger partial charge >= 0.3 is 5.69 Å². The molecule has 0 bridgehead atoms. The number of aromatic nitrogens is 5. The van der Waals surface area contributed by atoms with Gasteiger partial charge in [-0.3, -0.25) is 18.7 Å². The maximum atomic E-state index is 13.1.